The zero-order valence-corrected chi connectivity index (χ0v) is 23.5. The molecule has 1 nitrogen and oxygen atoms in total. The van der Waals surface area contributed by atoms with Crippen molar-refractivity contribution in [3.63, 3.8) is 0 Å². The number of allylic oxidation sites excluding steroid dienone is 7. The molecule has 0 atom stereocenters. The summed E-state index contributed by atoms with van der Waals surface area (Å²) < 4.78 is 0. The molecule has 1 heterocycles. The van der Waals surface area contributed by atoms with Crippen molar-refractivity contribution in [2.45, 2.75) is 60.8 Å². The van der Waals surface area contributed by atoms with E-state index in [0.29, 0.717) is 0 Å². The van der Waals surface area contributed by atoms with Gasteiger partial charge in [0.1, 0.15) is 0 Å². The van der Waals surface area contributed by atoms with Crippen molar-refractivity contribution in [3.8, 4) is 12.8 Å². The third-order valence-electron chi connectivity index (χ3n) is 6.39. The van der Waals surface area contributed by atoms with Gasteiger partial charge in [-0.3, -0.25) is 0 Å². The Balaban J connectivity index is 0.00000120. The number of hydrogen-bond donors (Lipinski definition) is 0. The first-order valence-electron chi connectivity index (χ1n) is 12.8. The van der Waals surface area contributed by atoms with Gasteiger partial charge in [0.25, 0.3) is 0 Å². The molecule has 3 rings (SSSR count). The monoisotopic (exact) mass is 479 g/mol. The molecule has 1 fully saturated rings. The van der Waals surface area contributed by atoms with Gasteiger partial charge in [0.15, 0.2) is 0 Å². The first-order valence-corrected chi connectivity index (χ1v) is 12.8. The van der Waals surface area contributed by atoms with Gasteiger partial charge in [0, 0.05) is 18.8 Å². The first-order chi connectivity index (χ1) is 17.2. The second-order valence-electron chi connectivity index (χ2n) is 9.48. The average molecular weight is 480 g/mol. The van der Waals surface area contributed by atoms with Crippen LogP contribution in [0.3, 0.4) is 0 Å². The SMILES string of the molecule is C#C.C=C(C)c1cccc(C(=C)C(/C=C(\C)c2ccc(N3CCCCC3)cc2)=C(C)C)c1C.C=CC. The molecule has 190 valence electrons. The zero-order chi connectivity index (χ0) is 27.3. The van der Waals surface area contributed by atoms with Gasteiger partial charge in [-0.05, 0) is 112 Å². The van der Waals surface area contributed by atoms with Crippen LogP contribution in [0.15, 0.2) is 85.5 Å². The predicted molar refractivity (Wildman–Crippen MR) is 165 cm³/mol. The van der Waals surface area contributed by atoms with Gasteiger partial charge in [-0.2, -0.15) is 0 Å². The second-order valence-corrected chi connectivity index (χ2v) is 9.48. The molecule has 0 N–H and O–H groups in total. The molecule has 1 heteroatoms. The lowest BCUT2D eigenvalue weighted by Crippen LogP contribution is -2.29. The van der Waals surface area contributed by atoms with Crippen LogP contribution in [0.5, 0.6) is 0 Å². The van der Waals surface area contributed by atoms with E-state index < -0.39 is 0 Å². The lowest BCUT2D eigenvalue weighted by atomic mass is 9.88. The summed E-state index contributed by atoms with van der Waals surface area (Å²) >= 11 is 0. The van der Waals surface area contributed by atoms with Crippen LogP contribution in [0, 0.1) is 19.8 Å². The Bertz CT molecular complexity index is 1110. The van der Waals surface area contributed by atoms with E-state index in [1.807, 2.05) is 6.92 Å². The van der Waals surface area contributed by atoms with E-state index in [2.05, 4.69) is 121 Å². The standard InChI is InChI=1S/C30H37N.C3H6.C2H2/c1-21(2)28-12-11-13-29(24(28)6)25(7)30(22(3)4)20-23(5)26-14-16-27(17-15-26)31-18-9-8-10-19-31;1-3-2;1-2/h11-17,20H,1,7-10,18-19H2,2-6H3;3H,1H2,2H3;1-2H/b23-20+;;. The van der Waals surface area contributed by atoms with E-state index in [1.54, 1.807) is 6.08 Å². The molecule has 2 aromatic rings. The van der Waals surface area contributed by atoms with Crippen molar-refractivity contribution < 1.29 is 0 Å². The lowest BCUT2D eigenvalue weighted by molar-refractivity contribution is 0.578. The Kier molecular flexibility index (Phi) is 13.1. The molecule has 0 bridgehead atoms. The Hall–Kier alpha value is -3.50. The summed E-state index contributed by atoms with van der Waals surface area (Å²) in [6.45, 7) is 27.0. The molecule has 0 amide bonds. The minimum atomic E-state index is 1.07. The van der Waals surface area contributed by atoms with E-state index in [9.17, 15) is 0 Å². The van der Waals surface area contributed by atoms with Crippen LogP contribution < -0.4 is 4.90 Å². The van der Waals surface area contributed by atoms with Crippen LogP contribution in [0.1, 0.15) is 76.1 Å². The summed E-state index contributed by atoms with van der Waals surface area (Å²) in [5.41, 5.74) is 12.2. The fourth-order valence-corrected chi connectivity index (χ4v) is 4.49. The highest BCUT2D eigenvalue weighted by Crippen LogP contribution is 2.33. The van der Waals surface area contributed by atoms with Crippen LogP contribution in [0.25, 0.3) is 16.7 Å². The molecule has 0 aliphatic carbocycles. The van der Waals surface area contributed by atoms with Gasteiger partial charge in [0.2, 0.25) is 0 Å². The minimum Gasteiger partial charge on any atom is -0.372 e. The van der Waals surface area contributed by atoms with E-state index in [-0.39, 0.29) is 0 Å². The largest absolute Gasteiger partial charge is 0.372 e. The Morgan fingerprint density at radius 2 is 1.39 bits per heavy atom. The van der Waals surface area contributed by atoms with Crippen molar-refractivity contribution in [2.24, 2.45) is 0 Å². The smallest absolute Gasteiger partial charge is 0.0366 e. The maximum atomic E-state index is 4.49. The maximum Gasteiger partial charge on any atom is 0.0366 e. The van der Waals surface area contributed by atoms with Gasteiger partial charge in [0.05, 0.1) is 0 Å². The van der Waals surface area contributed by atoms with Gasteiger partial charge in [-0.1, -0.05) is 66.8 Å². The highest BCUT2D eigenvalue weighted by Gasteiger charge is 2.13. The maximum absolute atomic E-state index is 4.49. The van der Waals surface area contributed by atoms with Crippen molar-refractivity contribution in [1.82, 2.24) is 0 Å². The van der Waals surface area contributed by atoms with E-state index >= 15 is 0 Å². The Morgan fingerprint density at radius 1 is 0.861 bits per heavy atom. The van der Waals surface area contributed by atoms with E-state index in [4.69, 9.17) is 0 Å². The molecule has 36 heavy (non-hydrogen) atoms. The Morgan fingerprint density at radius 3 is 1.89 bits per heavy atom. The summed E-state index contributed by atoms with van der Waals surface area (Å²) in [6, 6.07) is 15.5. The molecule has 1 saturated heterocycles. The summed E-state index contributed by atoms with van der Waals surface area (Å²) in [4.78, 5) is 2.51. The number of benzene rings is 2. The third kappa shape index (κ3) is 8.31. The quantitative estimate of drug-likeness (QED) is 0.226. The summed E-state index contributed by atoms with van der Waals surface area (Å²) in [7, 11) is 0. The Labute approximate surface area is 221 Å². The number of piperidine rings is 1. The molecule has 1 aliphatic rings. The molecule has 0 unspecified atom stereocenters. The fraction of sp³-hybridized carbons (Fsp3) is 0.314. The second kappa shape index (κ2) is 15.5. The average Bonchev–Trinajstić information content (AvgIpc) is 2.89. The molecule has 1 aliphatic heterocycles. The van der Waals surface area contributed by atoms with Crippen molar-refractivity contribution in [2.75, 3.05) is 18.0 Å². The highest BCUT2D eigenvalue weighted by atomic mass is 15.1. The summed E-state index contributed by atoms with van der Waals surface area (Å²) in [6.07, 6.45) is 16.0. The van der Waals surface area contributed by atoms with Crippen molar-refractivity contribution in [1.29, 1.82) is 0 Å². The van der Waals surface area contributed by atoms with Gasteiger partial charge in [-0.15, -0.1) is 19.4 Å². The molecule has 0 radical (unpaired) electrons. The lowest BCUT2D eigenvalue weighted by Gasteiger charge is -2.28. The van der Waals surface area contributed by atoms with E-state index in [1.165, 1.54) is 77.0 Å². The molecular formula is C35H45N. The fourth-order valence-electron chi connectivity index (χ4n) is 4.49. The van der Waals surface area contributed by atoms with Gasteiger partial charge >= 0.3 is 0 Å². The normalized spacial score (nSPS) is 12.8. The molecular weight excluding hydrogens is 434 g/mol. The molecule has 0 aromatic heterocycles. The number of terminal acetylenes is 1. The van der Waals surface area contributed by atoms with Crippen molar-refractivity contribution >= 4 is 22.4 Å². The van der Waals surface area contributed by atoms with Crippen LogP contribution in [0.2, 0.25) is 0 Å². The number of anilines is 1. The molecule has 2 aromatic carbocycles. The molecule has 0 saturated carbocycles. The first kappa shape index (κ1) is 30.5. The van der Waals surface area contributed by atoms with Gasteiger partial charge in [-0.25, -0.2) is 0 Å². The predicted octanol–water partition coefficient (Wildman–Crippen LogP) is 9.91. The van der Waals surface area contributed by atoms with Gasteiger partial charge < -0.3 is 4.90 Å². The minimum absolute atomic E-state index is 1.07. The zero-order valence-electron chi connectivity index (χ0n) is 23.5. The van der Waals surface area contributed by atoms with Crippen LogP contribution in [-0.4, -0.2) is 13.1 Å². The summed E-state index contributed by atoms with van der Waals surface area (Å²) in [5, 5.41) is 0. The number of hydrogen-bond acceptors (Lipinski definition) is 1. The summed E-state index contributed by atoms with van der Waals surface area (Å²) in [5.74, 6) is 0. The van der Waals surface area contributed by atoms with Crippen LogP contribution >= 0.6 is 0 Å². The van der Waals surface area contributed by atoms with Crippen molar-refractivity contribution in [3.05, 3.63) is 108 Å². The van der Waals surface area contributed by atoms with Crippen LogP contribution in [-0.2, 0) is 0 Å². The van der Waals surface area contributed by atoms with E-state index in [0.717, 1.165) is 11.1 Å². The topological polar surface area (TPSA) is 3.24 Å². The van der Waals surface area contributed by atoms with Crippen LogP contribution in [0.4, 0.5) is 5.69 Å². The number of nitrogens with zero attached hydrogens (tertiary/aromatic N) is 1. The number of rotatable bonds is 6. The molecule has 0 spiro atoms. The third-order valence-corrected chi connectivity index (χ3v) is 6.39. The highest BCUT2D eigenvalue weighted by molar-refractivity contribution is 5.87.